The van der Waals surface area contributed by atoms with Crippen LogP contribution in [0.3, 0.4) is 0 Å². The van der Waals surface area contributed by atoms with Crippen LogP contribution in [-0.4, -0.2) is 52.9 Å². The van der Waals surface area contributed by atoms with Crippen LogP contribution in [-0.2, 0) is 24.3 Å². The zero-order valence-electron chi connectivity index (χ0n) is 18.9. The SMILES string of the molecule is COc1ccc(CN2CCc3nnc([C@@H](C)NC(=O)C(C)C)n3CC2)c(OC)c1C. The van der Waals surface area contributed by atoms with Gasteiger partial charge >= 0.3 is 0 Å². The fraction of sp³-hybridized carbons (Fsp3) is 0.591. The number of nitrogens with zero attached hydrogens (tertiary/aromatic N) is 4. The molecule has 3 rings (SSSR count). The summed E-state index contributed by atoms with van der Waals surface area (Å²) >= 11 is 0. The molecule has 1 atom stereocenters. The highest BCUT2D eigenvalue weighted by Crippen LogP contribution is 2.32. The van der Waals surface area contributed by atoms with Crippen molar-refractivity contribution in [3.8, 4) is 11.5 Å². The van der Waals surface area contributed by atoms with Gasteiger partial charge in [0.25, 0.3) is 0 Å². The lowest BCUT2D eigenvalue weighted by molar-refractivity contribution is -0.124. The molecular formula is C22H33N5O3. The topological polar surface area (TPSA) is 81.5 Å². The van der Waals surface area contributed by atoms with Crippen LogP contribution in [0.25, 0.3) is 0 Å². The van der Waals surface area contributed by atoms with E-state index in [0.29, 0.717) is 0 Å². The highest BCUT2D eigenvalue weighted by atomic mass is 16.5. The lowest BCUT2D eigenvalue weighted by Crippen LogP contribution is -2.32. The fourth-order valence-electron chi connectivity index (χ4n) is 3.91. The van der Waals surface area contributed by atoms with Crippen molar-refractivity contribution in [2.45, 2.75) is 53.2 Å². The maximum atomic E-state index is 12.1. The molecule has 30 heavy (non-hydrogen) atoms. The van der Waals surface area contributed by atoms with E-state index in [2.05, 4.69) is 31.0 Å². The third-order valence-electron chi connectivity index (χ3n) is 5.67. The van der Waals surface area contributed by atoms with E-state index in [1.165, 1.54) is 0 Å². The Morgan fingerprint density at radius 2 is 1.90 bits per heavy atom. The van der Waals surface area contributed by atoms with Crippen LogP contribution < -0.4 is 14.8 Å². The number of fused-ring (bicyclic) bond motifs is 1. The number of hydrogen-bond acceptors (Lipinski definition) is 6. The van der Waals surface area contributed by atoms with Crippen molar-refractivity contribution in [1.82, 2.24) is 25.0 Å². The number of ether oxygens (including phenoxy) is 2. The maximum absolute atomic E-state index is 12.1. The first-order valence-electron chi connectivity index (χ1n) is 10.5. The van der Waals surface area contributed by atoms with Crippen molar-refractivity contribution in [3.63, 3.8) is 0 Å². The van der Waals surface area contributed by atoms with Crippen molar-refractivity contribution >= 4 is 5.91 Å². The average molecular weight is 416 g/mol. The molecule has 0 spiro atoms. The molecule has 1 aromatic heterocycles. The van der Waals surface area contributed by atoms with Crippen LogP contribution in [0.5, 0.6) is 11.5 Å². The summed E-state index contributed by atoms with van der Waals surface area (Å²) in [6.45, 7) is 11.1. The van der Waals surface area contributed by atoms with Gasteiger partial charge < -0.3 is 19.4 Å². The summed E-state index contributed by atoms with van der Waals surface area (Å²) in [6, 6.07) is 3.90. The Balaban J connectivity index is 1.71. The van der Waals surface area contributed by atoms with Crippen LogP contribution in [0, 0.1) is 12.8 Å². The average Bonchev–Trinajstić information content (AvgIpc) is 3.03. The van der Waals surface area contributed by atoms with Gasteiger partial charge in [-0.3, -0.25) is 9.69 Å². The number of carbonyl (C=O) groups is 1. The van der Waals surface area contributed by atoms with E-state index >= 15 is 0 Å². The van der Waals surface area contributed by atoms with Gasteiger partial charge in [0, 0.05) is 49.6 Å². The molecule has 0 radical (unpaired) electrons. The molecule has 1 aromatic carbocycles. The Kier molecular flexibility index (Phi) is 6.97. The second-order valence-corrected chi connectivity index (χ2v) is 8.12. The van der Waals surface area contributed by atoms with Crippen molar-refractivity contribution in [3.05, 3.63) is 34.9 Å². The summed E-state index contributed by atoms with van der Waals surface area (Å²) in [5.41, 5.74) is 2.16. The highest BCUT2D eigenvalue weighted by Gasteiger charge is 2.24. The summed E-state index contributed by atoms with van der Waals surface area (Å²) in [6.07, 6.45) is 0.815. The molecular weight excluding hydrogens is 382 g/mol. The second-order valence-electron chi connectivity index (χ2n) is 8.12. The van der Waals surface area contributed by atoms with Crippen LogP contribution in [0.2, 0.25) is 0 Å². The quantitative estimate of drug-likeness (QED) is 0.748. The Morgan fingerprint density at radius 3 is 2.57 bits per heavy atom. The van der Waals surface area contributed by atoms with Gasteiger partial charge in [-0.15, -0.1) is 10.2 Å². The number of aromatic nitrogens is 3. The lowest BCUT2D eigenvalue weighted by atomic mass is 10.1. The molecule has 0 unspecified atom stereocenters. The van der Waals surface area contributed by atoms with E-state index in [-0.39, 0.29) is 17.9 Å². The predicted molar refractivity (Wildman–Crippen MR) is 115 cm³/mol. The Bertz CT molecular complexity index is 893. The molecule has 0 bridgehead atoms. The van der Waals surface area contributed by atoms with Crippen molar-refractivity contribution in [2.24, 2.45) is 5.92 Å². The second kappa shape index (κ2) is 9.47. The zero-order valence-corrected chi connectivity index (χ0v) is 18.9. The molecule has 0 saturated heterocycles. The first-order valence-corrected chi connectivity index (χ1v) is 10.5. The number of methoxy groups -OCH3 is 2. The van der Waals surface area contributed by atoms with Gasteiger partial charge in [0.1, 0.15) is 17.3 Å². The molecule has 0 aliphatic carbocycles. The van der Waals surface area contributed by atoms with Gasteiger partial charge in [0.15, 0.2) is 5.82 Å². The van der Waals surface area contributed by atoms with Crippen molar-refractivity contribution in [2.75, 3.05) is 27.3 Å². The van der Waals surface area contributed by atoms with Crippen molar-refractivity contribution in [1.29, 1.82) is 0 Å². The molecule has 1 aliphatic rings. The van der Waals surface area contributed by atoms with Gasteiger partial charge in [0.2, 0.25) is 5.91 Å². The molecule has 0 saturated carbocycles. The number of carbonyl (C=O) groups excluding carboxylic acids is 1. The van der Waals surface area contributed by atoms with Crippen LogP contribution in [0.15, 0.2) is 12.1 Å². The van der Waals surface area contributed by atoms with E-state index in [1.807, 2.05) is 33.8 Å². The molecule has 0 fully saturated rings. The van der Waals surface area contributed by atoms with E-state index in [9.17, 15) is 4.79 Å². The Morgan fingerprint density at radius 1 is 1.13 bits per heavy atom. The van der Waals surface area contributed by atoms with Gasteiger partial charge in [-0.1, -0.05) is 19.9 Å². The number of benzene rings is 1. The number of rotatable bonds is 7. The van der Waals surface area contributed by atoms with Gasteiger partial charge in [-0.05, 0) is 19.9 Å². The number of nitrogens with one attached hydrogen (secondary N) is 1. The summed E-state index contributed by atoms with van der Waals surface area (Å²) < 4.78 is 13.2. The Hall–Kier alpha value is -2.61. The molecule has 2 aromatic rings. The first-order chi connectivity index (χ1) is 14.3. The Labute approximate surface area is 178 Å². The minimum absolute atomic E-state index is 0.0251. The molecule has 1 N–H and O–H groups in total. The highest BCUT2D eigenvalue weighted by molar-refractivity contribution is 5.78. The normalized spacial score (nSPS) is 15.4. The predicted octanol–water partition coefficient (Wildman–Crippen LogP) is 2.50. The molecule has 8 heteroatoms. The summed E-state index contributed by atoms with van der Waals surface area (Å²) in [5, 5.41) is 11.8. The van der Waals surface area contributed by atoms with Crippen molar-refractivity contribution < 1.29 is 14.3 Å². The van der Waals surface area contributed by atoms with Crippen LogP contribution >= 0.6 is 0 Å². The molecule has 164 valence electrons. The minimum Gasteiger partial charge on any atom is -0.496 e. The first kappa shape index (κ1) is 22.1. The summed E-state index contributed by atoms with van der Waals surface area (Å²) in [5.74, 6) is 3.47. The smallest absolute Gasteiger partial charge is 0.223 e. The summed E-state index contributed by atoms with van der Waals surface area (Å²) in [7, 11) is 3.38. The van der Waals surface area contributed by atoms with Gasteiger partial charge in [-0.2, -0.15) is 0 Å². The zero-order chi connectivity index (χ0) is 21.8. The molecule has 8 nitrogen and oxygen atoms in total. The minimum atomic E-state index is -0.169. The number of hydrogen-bond donors (Lipinski definition) is 1. The largest absolute Gasteiger partial charge is 0.496 e. The fourth-order valence-corrected chi connectivity index (χ4v) is 3.91. The van der Waals surface area contributed by atoms with Gasteiger partial charge in [-0.25, -0.2) is 0 Å². The standard InChI is InChI=1S/C22H33N5O3/c1-14(2)22(28)23-16(4)21-25-24-19-9-10-26(11-12-27(19)21)13-17-7-8-18(29-5)15(3)20(17)30-6/h7-8,14,16H,9-13H2,1-6H3,(H,23,28)/t16-/m1/s1. The third kappa shape index (κ3) is 4.59. The summed E-state index contributed by atoms with van der Waals surface area (Å²) in [4.78, 5) is 14.5. The lowest BCUT2D eigenvalue weighted by Gasteiger charge is -2.22. The molecule has 2 heterocycles. The van der Waals surface area contributed by atoms with Crippen LogP contribution in [0.1, 0.15) is 49.6 Å². The third-order valence-corrected chi connectivity index (χ3v) is 5.67. The van der Waals surface area contributed by atoms with E-state index < -0.39 is 0 Å². The van der Waals surface area contributed by atoms with Crippen LogP contribution in [0.4, 0.5) is 0 Å². The monoisotopic (exact) mass is 415 g/mol. The van der Waals surface area contributed by atoms with Gasteiger partial charge in [0.05, 0.1) is 20.3 Å². The molecule has 1 amide bonds. The molecule has 1 aliphatic heterocycles. The maximum Gasteiger partial charge on any atom is 0.223 e. The van der Waals surface area contributed by atoms with E-state index in [1.54, 1.807) is 14.2 Å². The van der Waals surface area contributed by atoms with E-state index in [0.717, 1.165) is 66.9 Å². The van der Waals surface area contributed by atoms with E-state index in [4.69, 9.17) is 9.47 Å². The number of amides is 1.